The van der Waals surface area contributed by atoms with Crippen LogP contribution in [0.1, 0.15) is 6.42 Å². The predicted molar refractivity (Wildman–Crippen MR) is 35.1 cm³/mol. The van der Waals surface area contributed by atoms with Crippen molar-refractivity contribution in [1.82, 2.24) is 0 Å². The summed E-state index contributed by atoms with van der Waals surface area (Å²) in [5, 5.41) is 8.38. The second kappa shape index (κ2) is 4.08. The van der Waals surface area contributed by atoms with Gasteiger partial charge in [-0.15, -0.1) is 0 Å². The van der Waals surface area contributed by atoms with E-state index in [-0.39, 0.29) is 6.42 Å². The van der Waals surface area contributed by atoms with Crippen molar-refractivity contribution in [2.75, 3.05) is 12.0 Å². The molecule has 10 heavy (non-hydrogen) atoms. The van der Waals surface area contributed by atoms with Crippen LogP contribution in [0.2, 0.25) is 0 Å². The van der Waals surface area contributed by atoms with E-state index in [0.717, 1.165) is 0 Å². The molecule has 0 saturated heterocycles. The predicted octanol–water partition coefficient (Wildman–Crippen LogP) is 1.66. The van der Waals surface area contributed by atoms with Crippen LogP contribution in [0.15, 0.2) is 0 Å². The van der Waals surface area contributed by atoms with Crippen molar-refractivity contribution in [3.8, 4) is 0 Å². The van der Waals surface area contributed by atoms with Crippen LogP contribution in [0.5, 0.6) is 0 Å². The molecule has 0 saturated carbocycles. The molecule has 0 bridgehead atoms. The molecule has 0 rings (SSSR count). The summed E-state index contributed by atoms with van der Waals surface area (Å²) < 4.78 is 34.5. The van der Waals surface area contributed by atoms with Crippen LogP contribution in [0.4, 0.5) is 13.2 Å². The minimum absolute atomic E-state index is 0.218. The Labute approximate surface area is 61.6 Å². The Morgan fingerprint density at radius 2 is 2.00 bits per heavy atom. The molecule has 0 radical (unpaired) electrons. The molecule has 0 aliphatic carbocycles. The highest BCUT2D eigenvalue weighted by molar-refractivity contribution is 7.98. The van der Waals surface area contributed by atoms with Crippen LogP contribution in [-0.2, 0) is 0 Å². The molecule has 0 aliphatic heterocycles. The average molecular weight is 174 g/mol. The number of alkyl halides is 3. The first-order chi connectivity index (χ1) is 4.48. The minimum atomic E-state index is -4.45. The third kappa shape index (κ3) is 4.00. The molecule has 1 nitrogen and oxygen atoms in total. The summed E-state index contributed by atoms with van der Waals surface area (Å²) in [4.78, 5) is 0. The van der Waals surface area contributed by atoms with Gasteiger partial charge >= 0.3 is 6.18 Å². The van der Waals surface area contributed by atoms with Crippen LogP contribution >= 0.6 is 11.8 Å². The normalized spacial score (nSPS) is 15.3. The fourth-order valence-corrected chi connectivity index (χ4v) is 0.852. The Balaban J connectivity index is 3.52. The van der Waals surface area contributed by atoms with Crippen molar-refractivity contribution < 1.29 is 18.3 Å². The van der Waals surface area contributed by atoms with Gasteiger partial charge in [-0.3, -0.25) is 0 Å². The number of halogens is 3. The van der Waals surface area contributed by atoms with E-state index in [1.54, 1.807) is 6.26 Å². The molecule has 1 unspecified atom stereocenters. The number of rotatable bonds is 3. The number of aliphatic hydroxyl groups excluding tert-OH is 1. The van der Waals surface area contributed by atoms with Crippen molar-refractivity contribution in [3.05, 3.63) is 0 Å². The van der Waals surface area contributed by atoms with E-state index in [2.05, 4.69) is 0 Å². The van der Waals surface area contributed by atoms with Gasteiger partial charge in [0, 0.05) is 0 Å². The number of aliphatic hydroxyl groups is 1. The Morgan fingerprint density at radius 1 is 1.50 bits per heavy atom. The van der Waals surface area contributed by atoms with Crippen LogP contribution in [0, 0.1) is 0 Å². The lowest BCUT2D eigenvalue weighted by Gasteiger charge is -2.12. The van der Waals surface area contributed by atoms with E-state index in [1.165, 1.54) is 11.8 Å². The molecule has 0 fully saturated rings. The zero-order valence-corrected chi connectivity index (χ0v) is 6.30. The van der Waals surface area contributed by atoms with Crippen molar-refractivity contribution in [1.29, 1.82) is 0 Å². The molecule has 0 amide bonds. The van der Waals surface area contributed by atoms with Gasteiger partial charge in [0.25, 0.3) is 0 Å². The first-order valence-electron chi connectivity index (χ1n) is 2.72. The van der Waals surface area contributed by atoms with Crippen molar-refractivity contribution >= 4 is 11.8 Å². The summed E-state index contributed by atoms with van der Waals surface area (Å²) in [6, 6.07) is 0. The van der Waals surface area contributed by atoms with Crippen LogP contribution in [0.25, 0.3) is 0 Å². The Hall–Kier alpha value is 0.100. The van der Waals surface area contributed by atoms with Gasteiger partial charge in [0.2, 0.25) is 0 Å². The van der Waals surface area contributed by atoms with E-state index in [9.17, 15) is 13.2 Å². The van der Waals surface area contributed by atoms with E-state index in [0.29, 0.717) is 5.75 Å². The van der Waals surface area contributed by atoms with Gasteiger partial charge in [-0.25, -0.2) is 0 Å². The molecule has 1 N–H and O–H groups in total. The third-order valence-electron chi connectivity index (χ3n) is 0.973. The molecule has 0 aromatic heterocycles. The fourth-order valence-electron chi connectivity index (χ4n) is 0.393. The molecular formula is C5H9F3OS. The minimum Gasteiger partial charge on any atom is -0.384 e. The molecule has 0 aromatic carbocycles. The molecule has 0 spiro atoms. The largest absolute Gasteiger partial charge is 0.414 e. The Bertz CT molecular complexity index is 93.4. The quantitative estimate of drug-likeness (QED) is 0.702. The second-order valence-electron chi connectivity index (χ2n) is 1.84. The zero-order valence-electron chi connectivity index (χ0n) is 5.48. The van der Waals surface area contributed by atoms with Gasteiger partial charge in [0.05, 0.1) is 0 Å². The van der Waals surface area contributed by atoms with E-state index < -0.39 is 12.3 Å². The molecule has 1 atom stereocenters. The smallest absolute Gasteiger partial charge is 0.384 e. The second-order valence-corrected chi connectivity index (χ2v) is 2.82. The lowest BCUT2D eigenvalue weighted by Crippen LogP contribution is -2.28. The van der Waals surface area contributed by atoms with Gasteiger partial charge in [-0.05, 0) is 18.4 Å². The summed E-state index contributed by atoms with van der Waals surface area (Å²) >= 11 is 1.29. The molecule has 5 heteroatoms. The zero-order chi connectivity index (χ0) is 8.20. The number of hydrogen-bond donors (Lipinski definition) is 1. The van der Waals surface area contributed by atoms with Gasteiger partial charge in [0.1, 0.15) is 0 Å². The van der Waals surface area contributed by atoms with Crippen molar-refractivity contribution in [3.63, 3.8) is 0 Å². The van der Waals surface area contributed by atoms with E-state index in [4.69, 9.17) is 5.11 Å². The van der Waals surface area contributed by atoms with Crippen molar-refractivity contribution in [2.24, 2.45) is 0 Å². The maximum absolute atomic E-state index is 11.5. The van der Waals surface area contributed by atoms with Gasteiger partial charge in [-0.2, -0.15) is 24.9 Å². The Morgan fingerprint density at radius 3 is 2.30 bits per heavy atom. The van der Waals surface area contributed by atoms with Crippen LogP contribution < -0.4 is 0 Å². The molecule has 62 valence electrons. The van der Waals surface area contributed by atoms with Crippen LogP contribution in [0.3, 0.4) is 0 Å². The summed E-state index contributed by atoms with van der Waals surface area (Å²) in [7, 11) is 0. The molecule has 0 aromatic rings. The van der Waals surface area contributed by atoms with E-state index >= 15 is 0 Å². The monoisotopic (exact) mass is 174 g/mol. The SMILES string of the molecule is CSCCC(O)C(F)(F)F. The lowest BCUT2D eigenvalue weighted by molar-refractivity contribution is -0.203. The number of thioether (sulfide) groups is 1. The molecule has 0 aliphatic rings. The fraction of sp³-hybridized carbons (Fsp3) is 1.00. The highest BCUT2D eigenvalue weighted by Gasteiger charge is 2.37. The van der Waals surface area contributed by atoms with Gasteiger partial charge in [0.15, 0.2) is 6.10 Å². The summed E-state index contributed by atoms with van der Waals surface area (Å²) in [5.74, 6) is 0.334. The third-order valence-corrected chi connectivity index (χ3v) is 1.62. The summed E-state index contributed by atoms with van der Waals surface area (Å²) in [6.45, 7) is 0. The first kappa shape index (κ1) is 10.1. The van der Waals surface area contributed by atoms with E-state index in [1.807, 2.05) is 0 Å². The first-order valence-corrected chi connectivity index (χ1v) is 4.11. The molecule has 0 heterocycles. The van der Waals surface area contributed by atoms with Crippen LogP contribution in [-0.4, -0.2) is 29.4 Å². The Kier molecular flexibility index (Phi) is 4.12. The lowest BCUT2D eigenvalue weighted by atomic mass is 10.3. The van der Waals surface area contributed by atoms with Gasteiger partial charge in [-0.1, -0.05) is 0 Å². The summed E-state index contributed by atoms with van der Waals surface area (Å²) in [5.41, 5.74) is 0. The maximum atomic E-state index is 11.5. The van der Waals surface area contributed by atoms with Gasteiger partial charge < -0.3 is 5.11 Å². The summed E-state index contributed by atoms with van der Waals surface area (Å²) in [6.07, 6.45) is -5.12. The topological polar surface area (TPSA) is 20.2 Å². The maximum Gasteiger partial charge on any atom is 0.414 e. The highest BCUT2D eigenvalue weighted by Crippen LogP contribution is 2.22. The average Bonchev–Trinajstić information content (AvgIpc) is 1.80. The highest BCUT2D eigenvalue weighted by atomic mass is 32.2. The van der Waals surface area contributed by atoms with Crippen molar-refractivity contribution in [2.45, 2.75) is 18.7 Å². The standard InChI is InChI=1S/C5H9F3OS/c1-10-3-2-4(9)5(6,7)8/h4,9H,2-3H2,1H3. The molecular weight excluding hydrogens is 165 g/mol. The number of hydrogen-bond acceptors (Lipinski definition) is 2.